The summed E-state index contributed by atoms with van der Waals surface area (Å²) in [5.74, 6) is 0.597. The third kappa shape index (κ3) is 2.24. The van der Waals surface area contributed by atoms with Gasteiger partial charge in [-0.05, 0) is 48.4 Å². The fraction of sp³-hybridized carbons (Fsp3) is 0.600. The maximum Gasteiger partial charge on any atom is 0.0243 e. The minimum Gasteiger partial charge on any atom is -0.330 e. The molecule has 0 bridgehead atoms. The van der Waals surface area contributed by atoms with Crippen molar-refractivity contribution in [2.45, 2.75) is 51.2 Å². The third-order valence-corrected chi connectivity index (χ3v) is 4.21. The summed E-state index contributed by atoms with van der Waals surface area (Å²) in [6.07, 6.45) is 3.90. The minimum absolute atomic E-state index is 0.597. The molecule has 1 fully saturated rings. The zero-order valence-electron chi connectivity index (χ0n) is 10.7. The highest BCUT2D eigenvalue weighted by molar-refractivity contribution is 5.36. The molecule has 1 saturated carbocycles. The zero-order valence-corrected chi connectivity index (χ0v) is 10.7. The summed E-state index contributed by atoms with van der Waals surface area (Å²) in [5.41, 5.74) is 10.2. The van der Waals surface area contributed by atoms with Crippen molar-refractivity contribution in [3.63, 3.8) is 0 Å². The van der Waals surface area contributed by atoms with Crippen molar-refractivity contribution < 1.29 is 0 Å². The van der Waals surface area contributed by atoms with Gasteiger partial charge in [0.15, 0.2) is 0 Å². The Balaban J connectivity index is 1.76. The first-order chi connectivity index (χ1) is 8.28. The number of hydrogen-bond acceptors (Lipinski definition) is 2. The smallest absolute Gasteiger partial charge is 0.0243 e. The van der Waals surface area contributed by atoms with Crippen LogP contribution in [0, 0.1) is 0 Å². The standard InChI is InChI=1S/C15H22N2/c1-11(6-7-16)12-2-3-13-9-17(15-4-5-15)10-14(13)8-12/h2-3,8,11,15H,4-7,9-10,16H2,1H3. The molecular weight excluding hydrogens is 208 g/mol. The Labute approximate surface area is 104 Å². The molecule has 2 N–H and O–H groups in total. The van der Waals surface area contributed by atoms with E-state index in [-0.39, 0.29) is 0 Å². The maximum absolute atomic E-state index is 5.64. The fourth-order valence-corrected chi connectivity index (χ4v) is 2.86. The largest absolute Gasteiger partial charge is 0.330 e. The van der Waals surface area contributed by atoms with Crippen LogP contribution in [0.2, 0.25) is 0 Å². The van der Waals surface area contributed by atoms with Crippen LogP contribution in [0.3, 0.4) is 0 Å². The predicted octanol–water partition coefficient (Wildman–Crippen LogP) is 2.62. The van der Waals surface area contributed by atoms with Gasteiger partial charge < -0.3 is 5.73 Å². The molecule has 92 valence electrons. The molecule has 0 amide bonds. The number of hydrogen-bond donors (Lipinski definition) is 1. The van der Waals surface area contributed by atoms with Crippen LogP contribution in [-0.2, 0) is 13.1 Å². The van der Waals surface area contributed by atoms with Crippen molar-refractivity contribution in [1.29, 1.82) is 0 Å². The van der Waals surface area contributed by atoms with E-state index in [9.17, 15) is 0 Å². The number of nitrogens with two attached hydrogens (primary N) is 1. The lowest BCUT2D eigenvalue weighted by Crippen LogP contribution is -2.18. The summed E-state index contributed by atoms with van der Waals surface area (Å²) in [4.78, 5) is 2.63. The second kappa shape index (κ2) is 4.43. The molecule has 0 aromatic heterocycles. The lowest BCUT2D eigenvalue weighted by Gasteiger charge is -2.12. The van der Waals surface area contributed by atoms with E-state index in [0.29, 0.717) is 5.92 Å². The van der Waals surface area contributed by atoms with Gasteiger partial charge in [-0.1, -0.05) is 25.1 Å². The van der Waals surface area contributed by atoms with Gasteiger partial charge in [-0.15, -0.1) is 0 Å². The second-order valence-electron chi connectivity index (χ2n) is 5.64. The molecule has 1 atom stereocenters. The lowest BCUT2D eigenvalue weighted by atomic mass is 9.95. The van der Waals surface area contributed by atoms with Crippen molar-refractivity contribution in [3.05, 3.63) is 34.9 Å². The van der Waals surface area contributed by atoms with Crippen molar-refractivity contribution in [1.82, 2.24) is 4.90 Å². The molecule has 0 radical (unpaired) electrons. The molecule has 1 aliphatic heterocycles. The molecular formula is C15H22N2. The topological polar surface area (TPSA) is 29.3 Å². The van der Waals surface area contributed by atoms with Gasteiger partial charge in [-0.3, -0.25) is 4.90 Å². The van der Waals surface area contributed by atoms with E-state index in [1.165, 1.54) is 31.5 Å². The summed E-state index contributed by atoms with van der Waals surface area (Å²) in [5, 5.41) is 0. The van der Waals surface area contributed by atoms with E-state index in [0.717, 1.165) is 19.0 Å². The summed E-state index contributed by atoms with van der Waals surface area (Å²) in [6, 6.07) is 7.93. The highest BCUT2D eigenvalue weighted by Gasteiger charge is 2.32. The van der Waals surface area contributed by atoms with Crippen molar-refractivity contribution in [2.24, 2.45) is 5.73 Å². The van der Waals surface area contributed by atoms with Gasteiger partial charge in [0.1, 0.15) is 0 Å². The molecule has 1 aromatic rings. The highest BCUT2D eigenvalue weighted by Crippen LogP contribution is 2.35. The van der Waals surface area contributed by atoms with E-state index >= 15 is 0 Å². The van der Waals surface area contributed by atoms with Crippen LogP contribution < -0.4 is 5.73 Å². The molecule has 17 heavy (non-hydrogen) atoms. The molecule has 2 heteroatoms. The lowest BCUT2D eigenvalue weighted by molar-refractivity contribution is 0.273. The molecule has 1 unspecified atom stereocenters. The van der Waals surface area contributed by atoms with E-state index in [4.69, 9.17) is 5.73 Å². The number of rotatable bonds is 4. The van der Waals surface area contributed by atoms with Crippen LogP contribution in [0.4, 0.5) is 0 Å². The van der Waals surface area contributed by atoms with Crippen LogP contribution in [0.1, 0.15) is 48.8 Å². The molecule has 2 nitrogen and oxygen atoms in total. The van der Waals surface area contributed by atoms with Crippen LogP contribution in [0.5, 0.6) is 0 Å². The molecule has 1 aliphatic carbocycles. The first-order valence-corrected chi connectivity index (χ1v) is 6.83. The van der Waals surface area contributed by atoms with E-state index in [1.54, 1.807) is 11.1 Å². The van der Waals surface area contributed by atoms with Crippen molar-refractivity contribution >= 4 is 0 Å². The van der Waals surface area contributed by atoms with Gasteiger partial charge in [0.2, 0.25) is 0 Å². The molecule has 0 saturated heterocycles. The summed E-state index contributed by atoms with van der Waals surface area (Å²) < 4.78 is 0. The molecule has 1 aromatic carbocycles. The first kappa shape index (κ1) is 11.2. The average molecular weight is 230 g/mol. The normalized spacial score (nSPS) is 21.5. The Morgan fingerprint density at radius 3 is 2.76 bits per heavy atom. The monoisotopic (exact) mass is 230 g/mol. The summed E-state index contributed by atoms with van der Waals surface area (Å²) >= 11 is 0. The van der Waals surface area contributed by atoms with Crippen LogP contribution in [-0.4, -0.2) is 17.5 Å². The van der Waals surface area contributed by atoms with Gasteiger partial charge in [-0.2, -0.15) is 0 Å². The Morgan fingerprint density at radius 2 is 2.06 bits per heavy atom. The predicted molar refractivity (Wildman–Crippen MR) is 70.8 cm³/mol. The van der Waals surface area contributed by atoms with E-state index in [1.807, 2.05) is 0 Å². The van der Waals surface area contributed by atoms with Crippen LogP contribution in [0.15, 0.2) is 18.2 Å². The fourth-order valence-electron chi connectivity index (χ4n) is 2.86. The Hall–Kier alpha value is -0.860. The second-order valence-corrected chi connectivity index (χ2v) is 5.64. The molecule has 3 rings (SSSR count). The van der Waals surface area contributed by atoms with E-state index in [2.05, 4.69) is 30.0 Å². The third-order valence-electron chi connectivity index (χ3n) is 4.21. The van der Waals surface area contributed by atoms with Gasteiger partial charge in [0, 0.05) is 19.1 Å². The van der Waals surface area contributed by atoms with E-state index < -0.39 is 0 Å². The highest BCUT2D eigenvalue weighted by atomic mass is 15.2. The molecule has 2 aliphatic rings. The van der Waals surface area contributed by atoms with Crippen molar-refractivity contribution in [3.8, 4) is 0 Å². The van der Waals surface area contributed by atoms with Crippen LogP contribution in [0.25, 0.3) is 0 Å². The molecule has 1 heterocycles. The quantitative estimate of drug-likeness (QED) is 0.861. The van der Waals surface area contributed by atoms with Crippen molar-refractivity contribution in [2.75, 3.05) is 6.54 Å². The van der Waals surface area contributed by atoms with Gasteiger partial charge in [0.25, 0.3) is 0 Å². The zero-order chi connectivity index (χ0) is 11.8. The SMILES string of the molecule is CC(CCN)c1ccc2c(c1)CN(C1CC1)C2. The molecule has 0 spiro atoms. The Morgan fingerprint density at radius 1 is 1.29 bits per heavy atom. The maximum atomic E-state index is 5.64. The Bertz CT molecular complexity index is 409. The van der Waals surface area contributed by atoms with Gasteiger partial charge in [0.05, 0.1) is 0 Å². The number of nitrogens with zero attached hydrogens (tertiary/aromatic N) is 1. The number of fused-ring (bicyclic) bond motifs is 1. The van der Waals surface area contributed by atoms with Crippen LogP contribution >= 0.6 is 0 Å². The summed E-state index contributed by atoms with van der Waals surface area (Å²) in [7, 11) is 0. The number of benzene rings is 1. The van der Waals surface area contributed by atoms with Gasteiger partial charge in [-0.25, -0.2) is 0 Å². The Kier molecular flexibility index (Phi) is 2.93. The average Bonchev–Trinajstić information content (AvgIpc) is 3.08. The van der Waals surface area contributed by atoms with Gasteiger partial charge >= 0.3 is 0 Å². The minimum atomic E-state index is 0.597. The first-order valence-electron chi connectivity index (χ1n) is 6.83. The summed E-state index contributed by atoms with van der Waals surface area (Å²) in [6.45, 7) is 5.41.